The van der Waals surface area contributed by atoms with Gasteiger partial charge in [0, 0.05) is 6.61 Å². The molecule has 2 N–H and O–H groups in total. The number of rotatable bonds is 4. The third-order valence-electron chi connectivity index (χ3n) is 4.13. The Hall–Kier alpha value is -1.40. The maximum absolute atomic E-state index is 6.07. The molecule has 114 valence electrons. The number of thiophene rings is 1. The monoisotopic (exact) mass is 307 g/mol. The van der Waals surface area contributed by atoms with Crippen LogP contribution >= 0.6 is 11.3 Å². The Morgan fingerprint density at radius 2 is 2.14 bits per heavy atom. The first kappa shape index (κ1) is 14.5. The molecule has 0 bridgehead atoms. The molecule has 0 amide bonds. The van der Waals surface area contributed by atoms with Gasteiger partial charge in [0.25, 0.3) is 5.89 Å². The van der Waals surface area contributed by atoms with Gasteiger partial charge < -0.3 is 15.0 Å². The van der Waals surface area contributed by atoms with Crippen LogP contribution < -0.4 is 5.73 Å². The second-order valence-electron chi connectivity index (χ2n) is 5.57. The Bertz CT molecular complexity index is 609. The minimum Gasteiger partial charge on any atom is -0.397 e. The fourth-order valence-electron chi connectivity index (χ4n) is 2.95. The second kappa shape index (κ2) is 5.77. The molecule has 0 radical (unpaired) electrons. The van der Waals surface area contributed by atoms with Gasteiger partial charge in [0.15, 0.2) is 0 Å². The van der Waals surface area contributed by atoms with Crippen LogP contribution in [0.5, 0.6) is 0 Å². The number of anilines is 1. The first-order chi connectivity index (χ1) is 10.2. The molecule has 6 heteroatoms. The molecule has 5 nitrogen and oxygen atoms in total. The molecule has 3 rings (SSSR count). The molecular weight excluding hydrogens is 286 g/mol. The quantitative estimate of drug-likeness (QED) is 0.927. The van der Waals surface area contributed by atoms with Gasteiger partial charge in [-0.1, -0.05) is 24.4 Å². The Morgan fingerprint density at radius 1 is 1.38 bits per heavy atom. The number of nitrogen functional groups attached to an aromatic ring is 1. The number of aryl methyl sites for hydroxylation is 1. The summed E-state index contributed by atoms with van der Waals surface area (Å²) in [4.78, 5) is 5.45. The SMILES string of the molecule is CCOC1(c2noc(-c3scc(C)c3N)n2)CCCCC1. The standard InChI is InChI=1S/C15H21N3O2S/c1-3-19-15(7-5-4-6-8-15)14-17-13(20-18-14)12-11(16)10(2)9-21-12/h9H,3-8,16H2,1-2H3. The lowest BCUT2D eigenvalue weighted by Crippen LogP contribution is -2.33. The Labute approximate surface area is 128 Å². The van der Waals surface area contributed by atoms with Crippen LogP contribution in [0.3, 0.4) is 0 Å². The minimum atomic E-state index is -0.379. The van der Waals surface area contributed by atoms with Crippen molar-refractivity contribution in [2.45, 2.75) is 51.6 Å². The number of ether oxygens (including phenoxy) is 1. The molecule has 2 heterocycles. The Kier molecular flexibility index (Phi) is 3.99. The molecule has 0 atom stereocenters. The predicted molar refractivity (Wildman–Crippen MR) is 83.1 cm³/mol. The van der Waals surface area contributed by atoms with E-state index in [1.165, 1.54) is 17.8 Å². The van der Waals surface area contributed by atoms with Gasteiger partial charge in [0.1, 0.15) is 10.5 Å². The van der Waals surface area contributed by atoms with E-state index in [0.29, 0.717) is 18.3 Å². The molecule has 0 aromatic carbocycles. The van der Waals surface area contributed by atoms with Gasteiger partial charge in [0.2, 0.25) is 5.82 Å². The van der Waals surface area contributed by atoms with Crippen molar-refractivity contribution in [3.05, 3.63) is 16.8 Å². The smallest absolute Gasteiger partial charge is 0.270 e. The van der Waals surface area contributed by atoms with Gasteiger partial charge in [-0.25, -0.2) is 0 Å². The summed E-state index contributed by atoms with van der Waals surface area (Å²) in [6.45, 7) is 4.65. The van der Waals surface area contributed by atoms with E-state index in [2.05, 4.69) is 10.1 Å². The van der Waals surface area contributed by atoms with Crippen LogP contribution in [0.25, 0.3) is 10.8 Å². The van der Waals surface area contributed by atoms with Crippen molar-refractivity contribution in [2.24, 2.45) is 0 Å². The van der Waals surface area contributed by atoms with Gasteiger partial charge in [-0.2, -0.15) is 4.98 Å². The lowest BCUT2D eigenvalue weighted by molar-refractivity contribution is -0.0777. The summed E-state index contributed by atoms with van der Waals surface area (Å²) in [5.41, 5.74) is 7.46. The van der Waals surface area contributed by atoms with Crippen LogP contribution in [0.15, 0.2) is 9.90 Å². The highest BCUT2D eigenvalue weighted by molar-refractivity contribution is 7.14. The summed E-state index contributed by atoms with van der Waals surface area (Å²) in [7, 11) is 0. The largest absolute Gasteiger partial charge is 0.397 e. The average Bonchev–Trinajstić information content (AvgIpc) is 3.09. The van der Waals surface area contributed by atoms with E-state index in [1.807, 2.05) is 19.2 Å². The van der Waals surface area contributed by atoms with Crippen molar-refractivity contribution in [1.82, 2.24) is 10.1 Å². The molecular formula is C15H21N3O2S. The fourth-order valence-corrected chi connectivity index (χ4v) is 3.84. The van der Waals surface area contributed by atoms with E-state index < -0.39 is 0 Å². The summed E-state index contributed by atoms with van der Waals surface area (Å²) < 4.78 is 11.5. The van der Waals surface area contributed by atoms with Crippen LogP contribution in [0, 0.1) is 6.92 Å². The molecule has 0 unspecified atom stereocenters. The van der Waals surface area contributed by atoms with E-state index >= 15 is 0 Å². The third-order valence-corrected chi connectivity index (χ3v) is 5.23. The highest BCUT2D eigenvalue weighted by atomic mass is 32.1. The summed E-state index contributed by atoms with van der Waals surface area (Å²) in [6.07, 6.45) is 5.45. The number of hydrogen-bond acceptors (Lipinski definition) is 6. The second-order valence-corrected chi connectivity index (χ2v) is 6.45. The van der Waals surface area contributed by atoms with Gasteiger partial charge in [-0.05, 0) is 37.6 Å². The average molecular weight is 307 g/mol. The Morgan fingerprint density at radius 3 is 2.76 bits per heavy atom. The van der Waals surface area contributed by atoms with Crippen LogP contribution in [-0.4, -0.2) is 16.7 Å². The first-order valence-electron chi connectivity index (χ1n) is 7.48. The lowest BCUT2D eigenvalue weighted by atomic mass is 9.84. The molecule has 1 saturated carbocycles. The Balaban J connectivity index is 1.94. The summed E-state index contributed by atoms with van der Waals surface area (Å²) >= 11 is 1.54. The third kappa shape index (κ3) is 2.58. The molecule has 2 aromatic rings. The zero-order chi connectivity index (χ0) is 14.9. The molecule has 1 aliphatic carbocycles. The highest BCUT2D eigenvalue weighted by Gasteiger charge is 2.39. The van der Waals surface area contributed by atoms with E-state index in [9.17, 15) is 0 Å². The number of nitrogens with zero attached hydrogens (tertiary/aromatic N) is 2. The zero-order valence-corrected chi connectivity index (χ0v) is 13.3. The molecule has 1 fully saturated rings. The molecule has 0 aliphatic heterocycles. The van der Waals surface area contributed by atoms with E-state index in [-0.39, 0.29) is 5.60 Å². The highest BCUT2D eigenvalue weighted by Crippen LogP contribution is 2.41. The van der Waals surface area contributed by atoms with Gasteiger partial charge in [-0.15, -0.1) is 11.3 Å². The van der Waals surface area contributed by atoms with Gasteiger partial charge in [-0.3, -0.25) is 0 Å². The summed E-state index contributed by atoms with van der Waals surface area (Å²) in [5.74, 6) is 1.18. The molecule has 1 aliphatic rings. The van der Waals surface area contributed by atoms with E-state index in [1.54, 1.807) is 0 Å². The normalized spacial score (nSPS) is 18.0. The van der Waals surface area contributed by atoms with Gasteiger partial charge >= 0.3 is 0 Å². The topological polar surface area (TPSA) is 74.2 Å². The molecule has 0 saturated heterocycles. The van der Waals surface area contributed by atoms with Crippen LogP contribution in [-0.2, 0) is 10.3 Å². The maximum atomic E-state index is 6.07. The van der Waals surface area contributed by atoms with Crippen LogP contribution in [0.4, 0.5) is 5.69 Å². The number of aromatic nitrogens is 2. The van der Waals surface area contributed by atoms with Crippen molar-refractivity contribution in [1.29, 1.82) is 0 Å². The fraction of sp³-hybridized carbons (Fsp3) is 0.600. The summed E-state index contributed by atoms with van der Waals surface area (Å²) in [6, 6.07) is 0. The van der Waals surface area contributed by atoms with E-state index in [0.717, 1.165) is 41.8 Å². The summed E-state index contributed by atoms with van der Waals surface area (Å²) in [5, 5.41) is 6.20. The molecule has 0 spiro atoms. The number of nitrogens with two attached hydrogens (primary N) is 1. The van der Waals surface area contributed by atoms with Crippen molar-refractivity contribution in [3.63, 3.8) is 0 Å². The van der Waals surface area contributed by atoms with Crippen molar-refractivity contribution in [2.75, 3.05) is 12.3 Å². The van der Waals surface area contributed by atoms with E-state index in [4.69, 9.17) is 15.0 Å². The van der Waals surface area contributed by atoms with Crippen molar-refractivity contribution in [3.8, 4) is 10.8 Å². The molecule has 21 heavy (non-hydrogen) atoms. The first-order valence-corrected chi connectivity index (χ1v) is 8.36. The maximum Gasteiger partial charge on any atom is 0.270 e. The zero-order valence-electron chi connectivity index (χ0n) is 12.5. The van der Waals surface area contributed by atoms with Crippen molar-refractivity contribution >= 4 is 17.0 Å². The van der Waals surface area contributed by atoms with Crippen LogP contribution in [0.1, 0.15) is 50.4 Å². The minimum absolute atomic E-state index is 0.379. The number of hydrogen-bond donors (Lipinski definition) is 1. The van der Waals surface area contributed by atoms with Crippen molar-refractivity contribution < 1.29 is 9.26 Å². The molecule has 2 aromatic heterocycles. The van der Waals surface area contributed by atoms with Crippen LogP contribution in [0.2, 0.25) is 0 Å². The predicted octanol–water partition coefficient (Wildman–Crippen LogP) is 3.88. The lowest BCUT2D eigenvalue weighted by Gasteiger charge is -2.33. The van der Waals surface area contributed by atoms with Gasteiger partial charge in [0.05, 0.1) is 5.69 Å².